The normalized spacial score (nSPS) is 11.5. The van der Waals surface area contributed by atoms with Crippen LogP contribution in [-0.2, 0) is 5.41 Å². The van der Waals surface area contributed by atoms with Crippen LogP contribution in [0.4, 0.5) is 17.1 Å². The Bertz CT molecular complexity index is 1230. The van der Waals surface area contributed by atoms with Crippen molar-refractivity contribution in [3.63, 3.8) is 0 Å². The predicted octanol–water partition coefficient (Wildman–Crippen LogP) is 4.95. The highest BCUT2D eigenvalue weighted by atomic mass is 16.6. The van der Waals surface area contributed by atoms with Crippen LogP contribution in [0.5, 0.6) is 5.75 Å². The highest BCUT2D eigenvalue weighted by Gasteiger charge is 2.36. The molecule has 0 spiro atoms. The summed E-state index contributed by atoms with van der Waals surface area (Å²) in [4.78, 5) is 29.9. The maximum atomic E-state index is 10.4. The number of phenolic OH excluding ortho intramolecular Hbond substituents is 1. The predicted molar refractivity (Wildman–Crippen MR) is 135 cm³/mol. The third-order valence-electron chi connectivity index (χ3n) is 5.87. The maximum Gasteiger partial charge on any atom is 0.324 e. The fourth-order valence-corrected chi connectivity index (χ4v) is 3.62. The van der Waals surface area contributed by atoms with Crippen molar-refractivity contribution >= 4 is 17.1 Å². The van der Waals surface area contributed by atoms with Gasteiger partial charge in [-0.2, -0.15) is 5.26 Å². The van der Waals surface area contributed by atoms with Gasteiger partial charge < -0.3 is 10.0 Å². The van der Waals surface area contributed by atoms with Gasteiger partial charge in [0.1, 0.15) is 5.41 Å². The van der Waals surface area contributed by atoms with E-state index in [0.29, 0.717) is 18.2 Å². The van der Waals surface area contributed by atoms with E-state index in [2.05, 4.69) is 56.3 Å². The minimum Gasteiger partial charge on any atom is -0.497 e. The standard InChI is InChI=1S/C19H22N2.C6H3N3O7/c1-16(21(2)3)14-19(15-20,17-10-6-4-7-11-17)18-12-8-5-9-13-18;10-6-4(8(13)14)1-3(7(11)12)2-5(6)9(15)16/h4-13,16H,14H2,1-3H3;1-2,10H. The number of hydrogen-bond acceptors (Lipinski definition) is 9. The van der Waals surface area contributed by atoms with Crippen molar-refractivity contribution in [1.82, 2.24) is 4.90 Å². The number of hydrogen-bond donors (Lipinski definition) is 1. The quantitative estimate of drug-likeness (QED) is 0.326. The van der Waals surface area contributed by atoms with E-state index in [-0.39, 0.29) is 0 Å². The van der Waals surface area contributed by atoms with Crippen molar-refractivity contribution in [1.29, 1.82) is 5.26 Å². The maximum absolute atomic E-state index is 10.4. The van der Waals surface area contributed by atoms with Crippen molar-refractivity contribution < 1.29 is 19.9 Å². The Kier molecular flexibility index (Phi) is 9.34. The summed E-state index contributed by atoms with van der Waals surface area (Å²) in [6.07, 6.45) is 0.768. The second-order valence-corrected chi connectivity index (χ2v) is 8.37. The zero-order valence-electron chi connectivity index (χ0n) is 20.3. The molecule has 0 radical (unpaired) electrons. The average Bonchev–Trinajstić information content (AvgIpc) is 2.88. The number of non-ortho nitro benzene ring substituents is 1. The van der Waals surface area contributed by atoms with E-state index in [1.165, 1.54) is 0 Å². The highest BCUT2D eigenvalue weighted by Crippen LogP contribution is 2.39. The van der Waals surface area contributed by atoms with E-state index in [4.69, 9.17) is 5.11 Å². The largest absolute Gasteiger partial charge is 0.497 e. The highest BCUT2D eigenvalue weighted by molar-refractivity contribution is 5.64. The van der Waals surface area contributed by atoms with Gasteiger partial charge in [0.05, 0.1) is 33.0 Å². The van der Waals surface area contributed by atoms with Gasteiger partial charge in [-0.1, -0.05) is 60.7 Å². The molecule has 0 saturated carbocycles. The van der Waals surface area contributed by atoms with E-state index in [9.17, 15) is 35.6 Å². The smallest absolute Gasteiger partial charge is 0.324 e. The lowest BCUT2D eigenvalue weighted by molar-refractivity contribution is -0.404. The number of nitro groups is 3. The second kappa shape index (κ2) is 12.2. The van der Waals surface area contributed by atoms with E-state index >= 15 is 0 Å². The third kappa shape index (κ3) is 6.62. The molecule has 0 saturated heterocycles. The summed E-state index contributed by atoms with van der Waals surface area (Å²) >= 11 is 0. The number of nitrogens with zero attached hydrogens (tertiary/aromatic N) is 5. The third-order valence-corrected chi connectivity index (χ3v) is 5.87. The summed E-state index contributed by atoms with van der Waals surface area (Å²) in [5.74, 6) is -1.21. The van der Waals surface area contributed by atoms with Crippen LogP contribution in [0.25, 0.3) is 0 Å². The fraction of sp³-hybridized carbons (Fsp3) is 0.240. The van der Waals surface area contributed by atoms with Crippen molar-refractivity contribution in [3.8, 4) is 11.8 Å². The molecular formula is C25H25N5O7. The summed E-state index contributed by atoms with van der Waals surface area (Å²) < 4.78 is 0. The zero-order chi connectivity index (χ0) is 27.8. The number of rotatable bonds is 8. The summed E-state index contributed by atoms with van der Waals surface area (Å²) in [6.45, 7) is 2.16. The average molecular weight is 508 g/mol. The zero-order valence-corrected chi connectivity index (χ0v) is 20.3. The molecule has 0 bridgehead atoms. The molecule has 0 heterocycles. The lowest BCUT2D eigenvalue weighted by Gasteiger charge is -2.33. The van der Waals surface area contributed by atoms with Crippen LogP contribution in [0, 0.1) is 41.7 Å². The molecule has 3 aromatic rings. The molecule has 0 amide bonds. The monoisotopic (exact) mass is 507 g/mol. The van der Waals surface area contributed by atoms with Gasteiger partial charge >= 0.3 is 11.4 Å². The van der Waals surface area contributed by atoms with Gasteiger partial charge in [0.2, 0.25) is 0 Å². The van der Waals surface area contributed by atoms with Crippen LogP contribution in [0.15, 0.2) is 72.8 Å². The topological polar surface area (TPSA) is 177 Å². The molecule has 192 valence electrons. The number of nitriles is 1. The molecule has 0 aliphatic rings. The minimum atomic E-state index is -1.21. The molecule has 12 nitrogen and oxygen atoms in total. The molecule has 1 N–H and O–H groups in total. The van der Waals surface area contributed by atoms with Gasteiger partial charge in [-0.15, -0.1) is 0 Å². The Hall–Kier alpha value is -4.89. The molecule has 3 aromatic carbocycles. The molecule has 0 aliphatic carbocycles. The molecule has 0 fully saturated rings. The van der Waals surface area contributed by atoms with E-state index < -0.39 is 43.0 Å². The first-order valence-electron chi connectivity index (χ1n) is 10.9. The molecule has 1 unspecified atom stereocenters. The number of benzene rings is 3. The summed E-state index contributed by atoms with van der Waals surface area (Å²) in [5.41, 5.74) is -1.48. The van der Waals surface area contributed by atoms with Crippen molar-refractivity contribution in [3.05, 3.63) is 114 Å². The van der Waals surface area contributed by atoms with E-state index in [1.807, 2.05) is 36.4 Å². The molecular weight excluding hydrogens is 482 g/mol. The first-order chi connectivity index (χ1) is 17.4. The first kappa shape index (κ1) is 28.3. The van der Waals surface area contributed by atoms with Crippen molar-refractivity contribution in [2.45, 2.75) is 24.8 Å². The first-order valence-corrected chi connectivity index (χ1v) is 10.9. The molecule has 12 heteroatoms. The van der Waals surface area contributed by atoms with Gasteiger partial charge in [0.25, 0.3) is 11.4 Å². The lowest BCUT2D eigenvalue weighted by Crippen LogP contribution is -2.36. The van der Waals surface area contributed by atoms with Crippen molar-refractivity contribution in [2.75, 3.05) is 14.1 Å². The van der Waals surface area contributed by atoms with Gasteiger partial charge in [-0.3, -0.25) is 30.3 Å². The van der Waals surface area contributed by atoms with Crippen LogP contribution in [-0.4, -0.2) is 44.9 Å². The summed E-state index contributed by atoms with van der Waals surface area (Å²) in [6, 6.07) is 24.0. The molecule has 3 rings (SSSR count). The Morgan fingerprint density at radius 2 is 1.27 bits per heavy atom. The van der Waals surface area contributed by atoms with Gasteiger partial charge in [0.15, 0.2) is 0 Å². The van der Waals surface area contributed by atoms with E-state index in [0.717, 1.165) is 17.5 Å². The second-order valence-electron chi connectivity index (χ2n) is 8.37. The number of nitro benzene ring substituents is 3. The molecule has 0 aromatic heterocycles. The fourth-order valence-electron chi connectivity index (χ4n) is 3.62. The molecule has 0 aliphatic heterocycles. The van der Waals surface area contributed by atoms with E-state index in [1.54, 1.807) is 0 Å². The van der Waals surface area contributed by atoms with Gasteiger partial charge in [-0.25, -0.2) is 0 Å². The van der Waals surface area contributed by atoms with Crippen LogP contribution in [0.2, 0.25) is 0 Å². The Labute approximate surface area is 212 Å². The van der Waals surface area contributed by atoms with Crippen LogP contribution >= 0.6 is 0 Å². The lowest BCUT2D eigenvalue weighted by atomic mass is 9.71. The van der Waals surface area contributed by atoms with Crippen LogP contribution in [0.1, 0.15) is 24.5 Å². The SMILES string of the molecule is CC(CC(C#N)(c1ccccc1)c1ccccc1)N(C)C.O=[N+]([O-])c1cc([N+](=O)[O-])c(O)c([N+](=O)[O-])c1. The summed E-state index contributed by atoms with van der Waals surface area (Å²) in [5, 5.41) is 50.3. The van der Waals surface area contributed by atoms with Gasteiger partial charge in [0, 0.05) is 6.04 Å². The number of aromatic hydroxyl groups is 1. The van der Waals surface area contributed by atoms with Crippen LogP contribution in [0.3, 0.4) is 0 Å². The Morgan fingerprint density at radius 1 is 0.865 bits per heavy atom. The molecule has 37 heavy (non-hydrogen) atoms. The van der Waals surface area contributed by atoms with Crippen molar-refractivity contribution in [2.24, 2.45) is 0 Å². The Morgan fingerprint density at radius 3 is 1.57 bits per heavy atom. The Balaban J connectivity index is 0.000000271. The number of phenols is 1. The van der Waals surface area contributed by atoms with Gasteiger partial charge in [-0.05, 0) is 38.6 Å². The van der Waals surface area contributed by atoms with Crippen LogP contribution < -0.4 is 0 Å². The minimum absolute atomic E-state index is 0.310. The molecule has 1 atom stereocenters. The summed E-state index contributed by atoms with van der Waals surface area (Å²) in [7, 11) is 4.12.